The van der Waals surface area contributed by atoms with Crippen LogP contribution in [0.25, 0.3) is 22.1 Å². The number of fused-ring (bicyclic) bond motifs is 6. The van der Waals surface area contributed by atoms with Crippen molar-refractivity contribution in [1.82, 2.24) is 9.13 Å². The van der Waals surface area contributed by atoms with Crippen molar-refractivity contribution >= 4 is 40.0 Å². The second-order valence-electron chi connectivity index (χ2n) is 19.9. The number of esters is 3. The zero-order chi connectivity index (χ0) is 42.0. The number of methoxy groups -OCH3 is 1. The van der Waals surface area contributed by atoms with Gasteiger partial charge in [-0.15, -0.1) is 0 Å². The van der Waals surface area contributed by atoms with E-state index in [4.69, 9.17) is 14.2 Å². The van der Waals surface area contributed by atoms with Crippen molar-refractivity contribution in [3.63, 3.8) is 0 Å². The first-order chi connectivity index (χ1) is 29.5. The van der Waals surface area contributed by atoms with E-state index in [2.05, 4.69) is 108 Å². The van der Waals surface area contributed by atoms with Gasteiger partial charge in [-0.2, -0.15) is 0 Å². The Morgan fingerprint density at radius 1 is 0.770 bits per heavy atom. The molecule has 4 saturated carbocycles. The van der Waals surface area contributed by atoms with Crippen LogP contribution in [0.4, 0.5) is 0 Å². The van der Waals surface area contributed by atoms with Crippen LogP contribution in [0, 0.1) is 46.3 Å². The normalized spacial score (nSPS) is 31.9. The number of hydrogen-bond donors (Lipinski definition) is 0. The highest BCUT2D eigenvalue weighted by atomic mass is 16.5. The van der Waals surface area contributed by atoms with Crippen LogP contribution >= 0.6 is 0 Å². The summed E-state index contributed by atoms with van der Waals surface area (Å²) in [7, 11) is 1.47. The molecule has 0 N–H and O–H groups in total. The minimum atomic E-state index is -0.230. The molecular formula is C51H62N4O6+2. The largest absolute Gasteiger partial charge is 0.469 e. The highest BCUT2D eigenvalue weighted by Crippen LogP contribution is 2.69. The molecule has 10 heteroatoms. The molecule has 11 bridgehead atoms. The topological polar surface area (TPSA) is 96.5 Å². The predicted octanol–water partition coefficient (Wildman–Crippen LogP) is 7.96. The number of imidazole rings is 2. The van der Waals surface area contributed by atoms with Gasteiger partial charge < -0.3 is 14.2 Å². The number of benzene rings is 3. The molecule has 0 spiro atoms. The summed E-state index contributed by atoms with van der Waals surface area (Å²) in [5.74, 6) is 1.95. The second-order valence-corrected chi connectivity index (χ2v) is 19.9. The molecule has 0 amide bonds. The van der Waals surface area contributed by atoms with Crippen molar-refractivity contribution in [2.75, 3.05) is 7.11 Å². The van der Waals surface area contributed by atoms with Gasteiger partial charge in [0.1, 0.15) is 25.3 Å². The molecule has 61 heavy (non-hydrogen) atoms. The summed E-state index contributed by atoms with van der Waals surface area (Å²) in [5, 5.41) is 0. The van der Waals surface area contributed by atoms with Crippen LogP contribution in [-0.4, -0.2) is 46.4 Å². The summed E-state index contributed by atoms with van der Waals surface area (Å²) in [6.07, 6.45) is 13.1. The first-order valence-corrected chi connectivity index (χ1v) is 23.0. The molecule has 4 aliphatic carbocycles. The van der Waals surface area contributed by atoms with Gasteiger partial charge in [0.15, 0.2) is 35.2 Å². The minimum absolute atomic E-state index is 0.0692. The third-order valence-corrected chi connectivity index (χ3v) is 16.9. The van der Waals surface area contributed by atoms with Gasteiger partial charge in [0.05, 0.1) is 7.11 Å². The number of carbonyl (C=O) groups excluding carboxylic acids is 3. The lowest BCUT2D eigenvalue weighted by Crippen LogP contribution is -2.59. The molecule has 10 atom stereocenters. The molecule has 5 heterocycles. The van der Waals surface area contributed by atoms with Crippen LogP contribution in [0.1, 0.15) is 96.1 Å². The molecule has 0 unspecified atom stereocenters. The Labute approximate surface area is 359 Å². The van der Waals surface area contributed by atoms with Crippen LogP contribution in [0.2, 0.25) is 0 Å². The summed E-state index contributed by atoms with van der Waals surface area (Å²) in [5.41, 5.74) is 6.39. The zero-order valence-corrected chi connectivity index (χ0v) is 36.3. The lowest BCUT2D eigenvalue weighted by atomic mass is 9.43. The maximum Gasteiger partial charge on any atom is 0.348 e. The van der Waals surface area contributed by atoms with Gasteiger partial charge >= 0.3 is 17.9 Å². The van der Waals surface area contributed by atoms with Gasteiger partial charge in [0.2, 0.25) is 12.7 Å². The number of aromatic nitrogens is 4. The fraction of sp³-hybridized carbons (Fsp3) is 0.549. The van der Waals surface area contributed by atoms with Crippen molar-refractivity contribution in [3.8, 4) is 0 Å². The van der Waals surface area contributed by atoms with Crippen molar-refractivity contribution in [2.24, 2.45) is 46.3 Å². The lowest BCUT2D eigenvalue weighted by molar-refractivity contribution is -0.663. The van der Waals surface area contributed by atoms with Crippen LogP contribution < -0.4 is 9.13 Å². The van der Waals surface area contributed by atoms with E-state index < -0.39 is 0 Å². The molecule has 3 aliphatic heterocycles. The van der Waals surface area contributed by atoms with Gasteiger partial charge in [-0.25, -0.2) is 27.9 Å². The molecule has 5 aromatic rings. The van der Waals surface area contributed by atoms with E-state index in [0.29, 0.717) is 55.0 Å². The SMILES string of the molecule is COC(=O)CC[C@@H](C)[C@H]1CC[C@H]2[C@@H]3CC[C@@H]4C[C@H]5CC[C@]4(C)[C@H]3C[C@H](OC(=O)Cn3c[n+](c4ccccc43)Cc3ccc(cc3)C[n+]3cn(c4ccccc43)CC(=O)O5)[C@]12C. The van der Waals surface area contributed by atoms with Crippen molar-refractivity contribution < 1.29 is 37.7 Å². The number of para-hydroxylation sites is 4. The van der Waals surface area contributed by atoms with Gasteiger partial charge in [0, 0.05) is 11.8 Å². The number of nitrogens with zero attached hydrogens (tertiary/aromatic N) is 4. The van der Waals surface area contributed by atoms with E-state index in [-0.39, 0.29) is 54.0 Å². The van der Waals surface area contributed by atoms with E-state index in [1.54, 1.807) is 0 Å². The molecule has 7 aliphatic rings. The van der Waals surface area contributed by atoms with Crippen LogP contribution in [0.15, 0.2) is 85.5 Å². The quantitative estimate of drug-likeness (QED) is 0.104. The van der Waals surface area contributed by atoms with E-state index in [0.717, 1.165) is 85.4 Å². The molecular weight excluding hydrogens is 765 g/mol. The Bertz CT molecular complexity index is 2470. The number of ether oxygens (including phenoxy) is 3. The summed E-state index contributed by atoms with van der Waals surface area (Å²) < 4.78 is 26.9. The third kappa shape index (κ3) is 7.06. The van der Waals surface area contributed by atoms with Gasteiger partial charge in [-0.1, -0.05) is 69.3 Å². The maximum absolute atomic E-state index is 14.5. The Hall–Kier alpha value is -4.99. The summed E-state index contributed by atoms with van der Waals surface area (Å²) in [4.78, 5) is 40.6. The number of carbonyl (C=O) groups is 3. The lowest BCUT2D eigenvalue weighted by Gasteiger charge is -2.62. The highest BCUT2D eigenvalue weighted by molar-refractivity contribution is 5.77. The first kappa shape index (κ1) is 40.1. The fourth-order valence-electron chi connectivity index (χ4n) is 13.9. The van der Waals surface area contributed by atoms with Crippen LogP contribution in [0.5, 0.6) is 0 Å². The van der Waals surface area contributed by atoms with Crippen LogP contribution in [-0.2, 0) is 54.8 Å². The number of hydrogen-bond acceptors (Lipinski definition) is 6. The summed E-state index contributed by atoms with van der Waals surface area (Å²) in [6.45, 7) is 8.89. The Morgan fingerprint density at radius 3 is 2.00 bits per heavy atom. The Balaban J connectivity index is 1.01. The van der Waals surface area contributed by atoms with Gasteiger partial charge in [-0.05, 0) is 134 Å². The van der Waals surface area contributed by atoms with Gasteiger partial charge in [0.25, 0.3) is 0 Å². The Morgan fingerprint density at radius 2 is 1.38 bits per heavy atom. The monoisotopic (exact) mass is 826 g/mol. The average molecular weight is 827 g/mol. The summed E-state index contributed by atoms with van der Waals surface area (Å²) >= 11 is 0. The second kappa shape index (κ2) is 15.7. The standard InChI is InChI=1S/C51H62N4O6/c1-33(13-22-47(56)59-4)39-20-21-40-38-19-18-36-25-37-23-24-50(36,2)41(38)26-46(51(39,40)3)61-49(58)30-55-32-53(43-10-6-8-12-45(43)55)28-35-16-14-34(15-17-35)27-52-31-54(29-48(57)60-37)44-11-7-5-9-42(44)52/h5-12,14-17,31-33,36-41,46H,13,18-30H2,1-4H3/q+2/t33-,36-,37-,38+,39-,40+,41+,46+,50+,51-/m1/s1. The van der Waals surface area contributed by atoms with Crippen LogP contribution in [0.3, 0.4) is 0 Å². The predicted molar refractivity (Wildman–Crippen MR) is 230 cm³/mol. The third-order valence-electron chi connectivity index (χ3n) is 16.9. The smallest absolute Gasteiger partial charge is 0.348 e. The number of rotatable bonds is 4. The summed E-state index contributed by atoms with van der Waals surface area (Å²) in [6, 6.07) is 25.4. The van der Waals surface area contributed by atoms with E-state index >= 15 is 0 Å². The minimum Gasteiger partial charge on any atom is -0.469 e. The van der Waals surface area contributed by atoms with Gasteiger partial charge in [-0.3, -0.25) is 4.79 Å². The molecule has 12 rings (SSSR count). The first-order valence-electron chi connectivity index (χ1n) is 23.0. The Kier molecular flexibility index (Phi) is 10.3. The molecule has 0 saturated heterocycles. The highest BCUT2D eigenvalue weighted by Gasteiger charge is 2.65. The molecule has 10 nitrogen and oxygen atoms in total. The fourth-order valence-corrected chi connectivity index (χ4v) is 13.9. The van der Waals surface area contributed by atoms with Crippen molar-refractivity contribution in [3.05, 3.63) is 96.6 Å². The maximum atomic E-state index is 14.5. The van der Waals surface area contributed by atoms with Crippen molar-refractivity contribution in [1.29, 1.82) is 0 Å². The zero-order valence-electron chi connectivity index (χ0n) is 36.3. The van der Waals surface area contributed by atoms with E-state index in [9.17, 15) is 14.4 Å². The molecule has 320 valence electrons. The molecule has 2 aromatic heterocycles. The van der Waals surface area contributed by atoms with Crippen molar-refractivity contribution in [2.45, 2.75) is 123 Å². The average Bonchev–Trinajstić information content (AvgIpc) is 3.91. The van der Waals surface area contributed by atoms with E-state index in [1.807, 2.05) is 16.7 Å². The molecule has 0 radical (unpaired) electrons. The molecule has 4 fully saturated rings. The van der Waals surface area contributed by atoms with E-state index in [1.165, 1.54) is 12.7 Å². The molecule has 3 aromatic carbocycles.